The molecule has 0 unspecified atom stereocenters. The van der Waals surface area contributed by atoms with Gasteiger partial charge in [0.15, 0.2) is 0 Å². The molecule has 1 aromatic carbocycles. The van der Waals surface area contributed by atoms with Crippen molar-refractivity contribution in [1.29, 1.82) is 5.26 Å². The van der Waals surface area contributed by atoms with E-state index in [9.17, 15) is 8.42 Å². The molecule has 0 amide bonds. The van der Waals surface area contributed by atoms with Crippen molar-refractivity contribution in [3.8, 4) is 6.07 Å². The lowest BCUT2D eigenvalue weighted by Gasteiger charge is -2.09. The Morgan fingerprint density at radius 2 is 2.05 bits per heavy atom. The molecule has 0 aliphatic rings. The zero-order chi connectivity index (χ0) is 15.6. The molecule has 2 aromatic rings. The number of nitrogen functional groups attached to an aromatic ring is 1. The van der Waals surface area contributed by atoms with Gasteiger partial charge in [0.05, 0.1) is 5.56 Å². The highest BCUT2D eigenvalue weighted by atomic mass is 35.5. The molecule has 0 atom stereocenters. The predicted octanol–water partition coefficient (Wildman–Crippen LogP) is 1.69. The molecule has 21 heavy (non-hydrogen) atoms. The molecule has 0 radical (unpaired) electrons. The first-order chi connectivity index (χ1) is 9.81. The van der Waals surface area contributed by atoms with Crippen LogP contribution in [0.25, 0.3) is 0 Å². The monoisotopic (exact) mass is 323 g/mol. The highest BCUT2D eigenvalue weighted by Crippen LogP contribution is 2.20. The number of hydrogen-bond donors (Lipinski definition) is 2. The van der Waals surface area contributed by atoms with Crippen molar-refractivity contribution in [2.75, 3.05) is 10.5 Å². The number of sulfonamides is 1. The molecule has 7 nitrogen and oxygen atoms in total. The number of nitrogens with zero attached hydrogens (tertiary/aromatic N) is 3. The van der Waals surface area contributed by atoms with Crippen molar-refractivity contribution < 1.29 is 8.42 Å². The summed E-state index contributed by atoms with van der Waals surface area (Å²) < 4.78 is 26.8. The quantitative estimate of drug-likeness (QED) is 0.654. The second-order valence-corrected chi connectivity index (χ2v) is 6.17. The Balaban J connectivity index is 2.46. The Hall–Kier alpha value is -2.37. The largest absolute Gasteiger partial charge is 0.399 e. The number of aryl methyl sites for hydroxylation is 1. The maximum absolute atomic E-state index is 12.3. The normalized spacial score (nSPS) is 10.9. The van der Waals surface area contributed by atoms with E-state index in [1.807, 2.05) is 0 Å². The van der Waals surface area contributed by atoms with Gasteiger partial charge < -0.3 is 5.73 Å². The van der Waals surface area contributed by atoms with E-state index in [1.165, 1.54) is 24.3 Å². The lowest BCUT2D eigenvalue weighted by molar-refractivity contribution is 0.600. The average molecular weight is 324 g/mol. The van der Waals surface area contributed by atoms with Gasteiger partial charge in [-0.1, -0.05) is 11.6 Å². The Labute approximate surface area is 126 Å². The highest BCUT2D eigenvalue weighted by Gasteiger charge is 2.20. The molecule has 0 aliphatic heterocycles. The average Bonchev–Trinajstić information content (AvgIpc) is 2.36. The number of halogens is 1. The minimum atomic E-state index is -4.02. The zero-order valence-corrected chi connectivity index (χ0v) is 12.4. The van der Waals surface area contributed by atoms with Gasteiger partial charge in [-0.05, 0) is 31.2 Å². The second-order valence-electron chi connectivity index (χ2n) is 4.13. The van der Waals surface area contributed by atoms with Crippen molar-refractivity contribution in [1.82, 2.24) is 9.97 Å². The Kier molecular flexibility index (Phi) is 3.97. The topological polar surface area (TPSA) is 122 Å². The highest BCUT2D eigenvalue weighted by molar-refractivity contribution is 7.92. The van der Waals surface area contributed by atoms with Gasteiger partial charge in [-0.3, -0.25) is 0 Å². The third kappa shape index (κ3) is 3.39. The number of aromatic nitrogens is 2. The van der Waals surface area contributed by atoms with Gasteiger partial charge in [0.2, 0.25) is 5.95 Å². The molecule has 0 saturated carbocycles. The molecule has 0 bridgehead atoms. The number of rotatable bonds is 3. The standard InChI is InChI=1S/C12H10ClN5O2S/c1-7-4-11(13)17-12(16-7)18-21(19,20)10-3-2-9(15)5-8(10)6-14/h2-5H,15H2,1H3,(H,16,17,18). The lowest BCUT2D eigenvalue weighted by Crippen LogP contribution is -2.16. The van der Waals surface area contributed by atoms with Crippen molar-refractivity contribution in [2.45, 2.75) is 11.8 Å². The van der Waals surface area contributed by atoms with Gasteiger partial charge >= 0.3 is 0 Å². The summed E-state index contributed by atoms with van der Waals surface area (Å²) in [4.78, 5) is 7.49. The summed E-state index contributed by atoms with van der Waals surface area (Å²) in [6.07, 6.45) is 0. The fraction of sp³-hybridized carbons (Fsp3) is 0.0833. The molecule has 2 rings (SSSR count). The first kappa shape index (κ1) is 15.0. The Morgan fingerprint density at radius 1 is 1.33 bits per heavy atom. The van der Waals surface area contributed by atoms with Crippen LogP contribution in [-0.4, -0.2) is 18.4 Å². The minimum Gasteiger partial charge on any atom is -0.399 e. The molecule has 0 saturated heterocycles. The van der Waals surface area contributed by atoms with Crippen LogP contribution in [0, 0.1) is 18.3 Å². The molecule has 1 heterocycles. The van der Waals surface area contributed by atoms with E-state index < -0.39 is 10.0 Å². The number of nitrogens with two attached hydrogens (primary N) is 1. The van der Waals surface area contributed by atoms with Crippen LogP contribution in [0.4, 0.5) is 11.6 Å². The van der Waals surface area contributed by atoms with E-state index in [4.69, 9.17) is 22.6 Å². The number of hydrogen-bond acceptors (Lipinski definition) is 6. The van der Waals surface area contributed by atoms with Gasteiger partial charge in [0, 0.05) is 11.4 Å². The van der Waals surface area contributed by atoms with E-state index >= 15 is 0 Å². The molecular weight excluding hydrogens is 314 g/mol. The maximum atomic E-state index is 12.3. The molecule has 0 fully saturated rings. The third-order valence-electron chi connectivity index (χ3n) is 2.46. The first-order valence-electron chi connectivity index (χ1n) is 5.65. The van der Waals surface area contributed by atoms with Crippen LogP contribution in [0.2, 0.25) is 5.15 Å². The molecule has 9 heteroatoms. The minimum absolute atomic E-state index is 0.0683. The van der Waals surface area contributed by atoms with Crippen LogP contribution < -0.4 is 10.5 Å². The number of benzene rings is 1. The summed E-state index contributed by atoms with van der Waals surface area (Å²) >= 11 is 5.75. The molecule has 0 aliphatic carbocycles. The fourth-order valence-electron chi connectivity index (χ4n) is 1.62. The molecule has 0 spiro atoms. The number of nitriles is 1. The van der Waals surface area contributed by atoms with Crippen LogP contribution in [-0.2, 0) is 10.0 Å². The summed E-state index contributed by atoms with van der Waals surface area (Å²) in [5, 5.41) is 9.12. The van der Waals surface area contributed by atoms with Crippen LogP contribution in [0.1, 0.15) is 11.3 Å². The SMILES string of the molecule is Cc1cc(Cl)nc(NS(=O)(=O)c2ccc(N)cc2C#N)n1. The van der Waals surface area contributed by atoms with E-state index in [-0.39, 0.29) is 21.6 Å². The van der Waals surface area contributed by atoms with Gasteiger partial charge in [-0.2, -0.15) is 5.26 Å². The van der Waals surface area contributed by atoms with Crippen LogP contribution in [0.15, 0.2) is 29.2 Å². The van der Waals surface area contributed by atoms with Crippen LogP contribution in [0.3, 0.4) is 0 Å². The zero-order valence-electron chi connectivity index (χ0n) is 10.8. The van der Waals surface area contributed by atoms with Gasteiger partial charge in [0.25, 0.3) is 10.0 Å². The van der Waals surface area contributed by atoms with Gasteiger partial charge in [-0.25, -0.2) is 23.1 Å². The fourth-order valence-corrected chi connectivity index (χ4v) is 2.94. The van der Waals surface area contributed by atoms with Crippen molar-refractivity contribution >= 4 is 33.3 Å². The van der Waals surface area contributed by atoms with Crippen LogP contribution in [0.5, 0.6) is 0 Å². The van der Waals surface area contributed by atoms with E-state index in [0.717, 1.165) is 0 Å². The molecular formula is C12H10ClN5O2S. The number of anilines is 2. The van der Waals surface area contributed by atoms with Crippen molar-refractivity contribution in [3.05, 3.63) is 40.7 Å². The summed E-state index contributed by atoms with van der Waals surface area (Å²) in [6.45, 7) is 1.65. The maximum Gasteiger partial charge on any atom is 0.265 e. The second kappa shape index (κ2) is 5.55. The predicted molar refractivity (Wildman–Crippen MR) is 78.2 cm³/mol. The van der Waals surface area contributed by atoms with E-state index in [1.54, 1.807) is 13.0 Å². The smallest absolute Gasteiger partial charge is 0.265 e. The summed E-state index contributed by atoms with van der Waals surface area (Å²) in [5.41, 5.74) is 6.26. The van der Waals surface area contributed by atoms with E-state index in [2.05, 4.69) is 14.7 Å². The van der Waals surface area contributed by atoms with Gasteiger partial charge in [-0.15, -0.1) is 0 Å². The number of nitrogens with one attached hydrogen (secondary N) is 1. The van der Waals surface area contributed by atoms with Gasteiger partial charge in [0.1, 0.15) is 16.1 Å². The summed E-state index contributed by atoms with van der Waals surface area (Å²) in [7, 11) is -4.02. The summed E-state index contributed by atoms with van der Waals surface area (Å²) in [6, 6.07) is 7.18. The lowest BCUT2D eigenvalue weighted by atomic mass is 10.2. The Bertz CT molecular complexity index is 825. The molecule has 1 aromatic heterocycles. The van der Waals surface area contributed by atoms with Crippen LogP contribution >= 0.6 is 11.6 Å². The Morgan fingerprint density at radius 3 is 2.67 bits per heavy atom. The van der Waals surface area contributed by atoms with Crippen molar-refractivity contribution in [2.24, 2.45) is 0 Å². The third-order valence-corrected chi connectivity index (χ3v) is 4.04. The van der Waals surface area contributed by atoms with E-state index in [0.29, 0.717) is 11.4 Å². The van der Waals surface area contributed by atoms with Crippen molar-refractivity contribution in [3.63, 3.8) is 0 Å². The summed E-state index contributed by atoms with van der Waals surface area (Å²) in [5.74, 6) is -0.166. The molecule has 108 valence electrons. The first-order valence-corrected chi connectivity index (χ1v) is 7.51. The molecule has 3 N–H and O–H groups in total.